The molecule has 1 aromatic carbocycles. The maximum Gasteiger partial charge on any atom is 0.243 e. The Morgan fingerprint density at radius 2 is 2.37 bits per heavy atom. The van der Waals surface area contributed by atoms with Crippen LogP contribution in [0, 0.1) is 5.92 Å². The Kier molecular flexibility index (Phi) is 4.23. The lowest BCUT2D eigenvalue weighted by atomic mass is 9.98. The van der Waals surface area contributed by atoms with Crippen molar-refractivity contribution in [2.75, 3.05) is 25.4 Å². The van der Waals surface area contributed by atoms with E-state index >= 15 is 0 Å². The Balaban J connectivity index is 1.40. The number of ether oxygens (including phenoxy) is 1. The molecule has 3 heterocycles. The Bertz CT molecular complexity index is 1030. The Hall–Kier alpha value is -1.58. The molecule has 0 spiro atoms. The number of thioether (sulfide) groups is 1. The third-order valence-corrected chi connectivity index (χ3v) is 7.99. The van der Waals surface area contributed by atoms with Gasteiger partial charge in [0, 0.05) is 54.7 Å². The number of alkyl halides is 1. The summed E-state index contributed by atoms with van der Waals surface area (Å²) in [7, 11) is -3.78. The first-order valence-electron chi connectivity index (χ1n) is 10.2. The predicted molar refractivity (Wildman–Crippen MR) is 101 cm³/mol. The molecule has 2 aliphatic rings. The SMILES string of the molecule is [2H]C([2H])([2H])n1ccnc1SC[C@@H]1CCN(S(=O)(=O)c2ccc3c(c2)CCO3)C[C@H]1F. The third kappa shape index (κ3) is 3.72. The van der Waals surface area contributed by atoms with E-state index in [-0.39, 0.29) is 23.9 Å². The number of hydrogen-bond donors (Lipinski definition) is 0. The van der Waals surface area contributed by atoms with Gasteiger partial charge in [-0.3, -0.25) is 0 Å². The lowest BCUT2D eigenvalue weighted by molar-refractivity contribution is 0.146. The molecule has 1 fully saturated rings. The lowest BCUT2D eigenvalue weighted by Crippen LogP contribution is -2.45. The number of imidazole rings is 1. The molecule has 2 atom stereocenters. The van der Waals surface area contributed by atoms with E-state index in [9.17, 15) is 12.8 Å². The zero-order valence-corrected chi connectivity index (χ0v) is 16.2. The first-order chi connectivity index (χ1) is 14.2. The summed E-state index contributed by atoms with van der Waals surface area (Å²) >= 11 is 1.18. The topological polar surface area (TPSA) is 64.4 Å². The van der Waals surface area contributed by atoms with E-state index in [4.69, 9.17) is 8.85 Å². The molecule has 1 saturated heterocycles. The van der Waals surface area contributed by atoms with Gasteiger partial charge in [-0.05, 0) is 30.2 Å². The molecule has 27 heavy (non-hydrogen) atoms. The van der Waals surface area contributed by atoms with Crippen LogP contribution in [0.3, 0.4) is 0 Å². The normalized spacial score (nSPS) is 25.3. The molecule has 0 amide bonds. The highest BCUT2D eigenvalue weighted by atomic mass is 32.2. The Morgan fingerprint density at radius 1 is 1.48 bits per heavy atom. The molecule has 0 aliphatic carbocycles. The van der Waals surface area contributed by atoms with Crippen LogP contribution in [0.4, 0.5) is 4.39 Å². The van der Waals surface area contributed by atoms with Gasteiger partial charge in [-0.15, -0.1) is 0 Å². The van der Waals surface area contributed by atoms with Crippen molar-refractivity contribution in [3.8, 4) is 5.75 Å². The molecule has 146 valence electrons. The highest BCUT2D eigenvalue weighted by molar-refractivity contribution is 7.99. The zero-order valence-electron chi connectivity index (χ0n) is 17.5. The highest BCUT2D eigenvalue weighted by Gasteiger charge is 2.36. The first kappa shape index (κ1) is 15.4. The van der Waals surface area contributed by atoms with Crippen LogP contribution in [-0.2, 0) is 23.4 Å². The molecule has 2 aromatic rings. The van der Waals surface area contributed by atoms with Gasteiger partial charge in [0.2, 0.25) is 10.0 Å². The molecule has 9 heteroatoms. The van der Waals surface area contributed by atoms with Crippen molar-refractivity contribution >= 4 is 21.8 Å². The summed E-state index contributed by atoms with van der Waals surface area (Å²) in [5, 5.41) is 0.303. The zero-order chi connectivity index (χ0) is 21.5. The highest BCUT2D eigenvalue weighted by Crippen LogP contribution is 2.32. The molecule has 0 radical (unpaired) electrons. The minimum absolute atomic E-state index is 0.159. The molecule has 6 nitrogen and oxygen atoms in total. The quantitative estimate of drug-likeness (QED) is 0.704. The van der Waals surface area contributed by atoms with Crippen LogP contribution < -0.4 is 4.74 Å². The minimum atomic E-state index is -3.78. The van der Waals surface area contributed by atoms with Crippen molar-refractivity contribution < 1.29 is 21.7 Å². The number of nitrogens with zero attached hydrogens (tertiary/aromatic N) is 3. The van der Waals surface area contributed by atoms with Gasteiger partial charge in [0.05, 0.1) is 11.5 Å². The standard InChI is InChI=1S/C18H22FN3O3S2/c1-21-8-6-20-18(21)26-12-14-4-7-22(11-16(14)19)27(23,24)15-2-3-17-13(10-15)5-9-25-17/h2-3,6,8,10,14,16H,4-5,7,9,11-12H2,1H3/t14-,16+/m0/s1/i1D3. The Labute approximate surface area is 167 Å². The molecule has 0 unspecified atom stereocenters. The van der Waals surface area contributed by atoms with E-state index in [1.54, 1.807) is 12.1 Å². The number of sulfonamides is 1. The molecule has 0 bridgehead atoms. The van der Waals surface area contributed by atoms with E-state index in [1.165, 1.54) is 34.5 Å². The lowest BCUT2D eigenvalue weighted by Gasteiger charge is -2.33. The molecule has 0 N–H and O–H groups in total. The predicted octanol–water partition coefficient (Wildman–Crippen LogP) is 2.50. The maximum absolute atomic E-state index is 14.8. The molecule has 2 aliphatic heterocycles. The van der Waals surface area contributed by atoms with Gasteiger partial charge in [0.15, 0.2) is 5.16 Å². The van der Waals surface area contributed by atoms with Gasteiger partial charge in [-0.1, -0.05) is 11.8 Å². The van der Waals surface area contributed by atoms with E-state index in [0.29, 0.717) is 36.1 Å². The average molecular weight is 415 g/mol. The second-order valence-corrected chi connectivity index (χ2v) is 9.61. The van der Waals surface area contributed by atoms with Crippen LogP contribution in [0.15, 0.2) is 40.6 Å². The van der Waals surface area contributed by atoms with Crippen LogP contribution in [-0.4, -0.2) is 53.9 Å². The van der Waals surface area contributed by atoms with Gasteiger partial charge in [0.25, 0.3) is 0 Å². The summed E-state index contributed by atoms with van der Waals surface area (Å²) in [5.41, 5.74) is 0.851. The van der Waals surface area contributed by atoms with Gasteiger partial charge in [0.1, 0.15) is 11.9 Å². The van der Waals surface area contributed by atoms with Gasteiger partial charge >= 0.3 is 0 Å². The molecular formula is C18H22FN3O3S2. The summed E-state index contributed by atoms with van der Waals surface area (Å²) in [6.07, 6.45) is 2.46. The number of fused-ring (bicyclic) bond motifs is 1. The fourth-order valence-corrected chi connectivity index (χ4v) is 5.97. The number of halogens is 1. The number of aromatic nitrogens is 2. The van der Waals surface area contributed by atoms with Crippen molar-refractivity contribution in [2.24, 2.45) is 12.9 Å². The van der Waals surface area contributed by atoms with Crippen molar-refractivity contribution in [2.45, 2.75) is 29.1 Å². The van der Waals surface area contributed by atoms with Crippen LogP contribution in [0.5, 0.6) is 5.75 Å². The third-order valence-electron chi connectivity index (χ3n) is 4.97. The summed E-state index contributed by atoms with van der Waals surface area (Å²) in [5.74, 6) is 0.651. The summed E-state index contributed by atoms with van der Waals surface area (Å²) < 4.78 is 71.0. The number of hydrogen-bond acceptors (Lipinski definition) is 5. The van der Waals surface area contributed by atoms with E-state index in [1.807, 2.05) is 0 Å². The van der Waals surface area contributed by atoms with E-state index in [0.717, 1.165) is 10.1 Å². The molecular weight excluding hydrogens is 389 g/mol. The summed E-state index contributed by atoms with van der Waals surface area (Å²) in [4.78, 5) is 4.20. The fraction of sp³-hybridized carbons (Fsp3) is 0.500. The van der Waals surface area contributed by atoms with Crippen molar-refractivity contribution in [3.63, 3.8) is 0 Å². The van der Waals surface area contributed by atoms with E-state index < -0.39 is 23.2 Å². The van der Waals surface area contributed by atoms with E-state index in [2.05, 4.69) is 4.98 Å². The van der Waals surface area contributed by atoms with Gasteiger partial charge < -0.3 is 9.30 Å². The van der Waals surface area contributed by atoms with Crippen molar-refractivity contribution in [1.82, 2.24) is 13.9 Å². The minimum Gasteiger partial charge on any atom is -0.493 e. The maximum atomic E-state index is 14.8. The summed E-state index contributed by atoms with van der Waals surface area (Å²) in [6, 6.07) is 4.77. The first-order valence-corrected chi connectivity index (χ1v) is 11.2. The second-order valence-electron chi connectivity index (χ2n) is 6.69. The Morgan fingerprint density at radius 3 is 3.19 bits per heavy atom. The number of rotatable bonds is 5. The number of aryl methyl sites for hydroxylation is 1. The monoisotopic (exact) mass is 414 g/mol. The smallest absolute Gasteiger partial charge is 0.243 e. The summed E-state index contributed by atoms with van der Waals surface area (Å²) in [6.45, 7) is -1.80. The van der Waals surface area contributed by atoms with Crippen LogP contribution in [0.2, 0.25) is 0 Å². The van der Waals surface area contributed by atoms with Gasteiger partial charge in [-0.25, -0.2) is 17.8 Å². The number of benzene rings is 1. The molecule has 4 rings (SSSR count). The average Bonchev–Trinajstić information content (AvgIpc) is 3.35. The van der Waals surface area contributed by atoms with Gasteiger partial charge in [-0.2, -0.15) is 4.31 Å². The van der Waals surface area contributed by atoms with Crippen LogP contribution in [0.1, 0.15) is 16.1 Å². The fourth-order valence-electron chi connectivity index (χ4n) is 3.38. The largest absolute Gasteiger partial charge is 0.493 e. The van der Waals surface area contributed by atoms with Crippen molar-refractivity contribution in [3.05, 3.63) is 36.2 Å². The van der Waals surface area contributed by atoms with Crippen molar-refractivity contribution in [1.29, 1.82) is 0 Å². The molecule has 0 saturated carbocycles. The number of piperidine rings is 1. The molecule has 1 aromatic heterocycles. The van der Waals surface area contributed by atoms with Crippen LogP contribution in [0.25, 0.3) is 0 Å². The van der Waals surface area contributed by atoms with Crippen LogP contribution >= 0.6 is 11.8 Å². The second kappa shape index (κ2) is 7.44.